The summed E-state index contributed by atoms with van der Waals surface area (Å²) in [6, 6.07) is 0. The highest BCUT2D eigenvalue weighted by Crippen LogP contribution is 1.94. The van der Waals surface area contributed by atoms with E-state index in [0.29, 0.717) is 5.88 Å². The maximum absolute atomic E-state index is 5.52. The van der Waals surface area contributed by atoms with Crippen molar-refractivity contribution in [1.82, 2.24) is 9.55 Å². The highest BCUT2D eigenvalue weighted by Gasteiger charge is 1.92. The molecule has 1 aromatic rings. The molecule has 0 aliphatic rings. The lowest BCUT2D eigenvalue weighted by Crippen LogP contribution is -1.99. The first-order valence-electron chi connectivity index (χ1n) is 2.88. The van der Waals surface area contributed by atoms with Crippen LogP contribution in [-0.2, 0) is 6.54 Å². The Morgan fingerprint density at radius 2 is 2.40 bits per heavy atom. The third-order valence-electron chi connectivity index (χ3n) is 1.25. The minimum atomic E-state index is 0. The summed E-state index contributed by atoms with van der Waals surface area (Å²) in [6.45, 7) is 2.82. The van der Waals surface area contributed by atoms with Crippen LogP contribution in [0.4, 0.5) is 0 Å². The zero-order valence-corrected chi connectivity index (χ0v) is 7.32. The molecule has 0 aliphatic carbocycles. The van der Waals surface area contributed by atoms with Gasteiger partial charge in [-0.05, 0) is 6.92 Å². The maximum Gasteiger partial charge on any atom is 0.105 e. The molecule has 0 aromatic carbocycles. The van der Waals surface area contributed by atoms with E-state index in [9.17, 15) is 0 Å². The number of aryl methyl sites for hydroxylation is 2. The van der Waals surface area contributed by atoms with Gasteiger partial charge in [0.05, 0.1) is 0 Å². The van der Waals surface area contributed by atoms with Gasteiger partial charge in [-0.1, -0.05) is 0 Å². The predicted octanol–water partition coefficient (Wildman–Crippen LogP) is 1.85. The Balaban J connectivity index is 0.000000810. The molecule has 2 nitrogen and oxygen atoms in total. The van der Waals surface area contributed by atoms with E-state index in [0.717, 1.165) is 12.4 Å². The molecule has 0 spiro atoms. The summed E-state index contributed by atoms with van der Waals surface area (Å²) >= 11 is 5.52. The van der Waals surface area contributed by atoms with E-state index >= 15 is 0 Å². The van der Waals surface area contributed by atoms with Crippen molar-refractivity contribution in [3.05, 3.63) is 18.2 Å². The monoisotopic (exact) mass is 180 g/mol. The molecule has 0 N–H and O–H groups in total. The standard InChI is InChI=1S/C6H9ClN2.ClH/c1-6-8-3-5-9(6)4-2-7;/h3,5H,2,4H2,1H3;1H. The van der Waals surface area contributed by atoms with Gasteiger partial charge in [-0.2, -0.15) is 0 Å². The number of halogens is 2. The quantitative estimate of drug-likeness (QED) is 0.636. The second kappa shape index (κ2) is 4.58. The van der Waals surface area contributed by atoms with Crippen molar-refractivity contribution in [1.29, 1.82) is 0 Å². The van der Waals surface area contributed by atoms with E-state index in [4.69, 9.17) is 11.6 Å². The van der Waals surface area contributed by atoms with Crippen molar-refractivity contribution in [2.75, 3.05) is 5.88 Å². The fourth-order valence-electron chi connectivity index (χ4n) is 0.731. The van der Waals surface area contributed by atoms with Gasteiger partial charge in [0.1, 0.15) is 5.82 Å². The molecule has 0 atom stereocenters. The first-order chi connectivity index (χ1) is 4.34. The molecule has 0 unspecified atom stereocenters. The molecule has 0 saturated heterocycles. The third kappa shape index (κ3) is 2.20. The average Bonchev–Trinajstić information content (AvgIpc) is 2.18. The summed E-state index contributed by atoms with van der Waals surface area (Å²) in [6.07, 6.45) is 3.71. The summed E-state index contributed by atoms with van der Waals surface area (Å²) in [5.74, 6) is 1.67. The molecule has 1 rings (SSSR count). The molecule has 1 heterocycles. The van der Waals surface area contributed by atoms with E-state index < -0.39 is 0 Å². The van der Waals surface area contributed by atoms with Crippen molar-refractivity contribution >= 4 is 24.0 Å². The van der Waals surface area contributed by atoms with Crippen LogP contribution >= 0.6 is 24.0 Å². The van der Waals surface area contributed by atoms with Crippen LogP contribution in [0, 0.1) is 6.92 Å². The van der Waals surface area contributed by atoms with Gasteiger partial charge in [-0.15, -0.1) is 24.0 Å². The Morgan fingerprint density at radius 1 is 1.70 bits per heavy atom. The molecular weight excluding hydrogens is 171 g/mol. The molecular formula is C6H10Cl2N2. The number of aromatic nitrogens is 2. The van der Waals surface area contributed by atoms with E-state index in [-0.39, 0.29) is 12.4 Å². The van der Waals surface area contributed by atoms with Crippen LogP contribution in [0.3, 0.4) is 0 Å². The Bertz CT molecular complexity index is 186. The van der Waals surface area contributed by atoms with Crippen LogP contribution in [0.2, 0.25) is 0 Å². The van der Waals surface area contributed by atoms with Crippen molar-refractivity contribution in [2.24, 2.45) is 0 Å². The van der Waals surface area contributed by atoms with Crippen molar-refractivity contribution in [3.63, 3.8) is 0 Å². The average molecular weight is 181 g/mol. The van der Waals surface area contributed by atoms with Gasteiger partial charge >= 0.3 is 0 Å². The molecule has 0 radical (unpaired) electrons. The summed E-state index contributed by atoms with van der Waals surface area (Å²) in [5, 5.41) is 0. The van der Waals surface area contributed by atoms with E-state index in [1.807, 2.05) is 17.7 Å². The van der Waals surface area contributed by atoms with Gasteiger partial charge in [0, 0.05) is 24.8 Å². The zero-order valence-electron chi connectivity index (χ0n) is 5.75. The minimum Gasteiger partial charge on any atom is -0.334 e. The zero-order chi connectivity index (χ0) is 6.69. The van der Waals surface area contributed by atoms with Crippen LogP contribution in [0.15, 0.2) is 12.4 Å². The Hall–Kier alpha value is -0.210. The molecule has 4 heteroatoms. The van der Waals surface area contributed by atoms with Gasteiger partial charge in [0.2, 0.25) is 0 Å². The fraction of sp³-hybridized carbons (Fsp3) is 0.500. The second-order valence-corrected chi connectivity index (χ2v) is 2.23. The molecule has 58 valence electrons. The molecule has 0 aliphatic heterocycles. The van der Waals surface area contributed by atoms with Crippen LogP contribution in [0.1, 0.15) is 5.82 Å². The Labute approximate surface area is 71.6 Å². The largest absolute Gasteiger partial charge is 0.334 e. The number of nitrogens with zero attached hydrogens (tertiary/aromatic N) is 2. The van der Waals surface area contributed by atoms with Crippen LogP contribution in [0.25, 0.3) is 0 Å². The number of imidazole rings is 1. The lowest BCUT2D eigenvalue weighted by Gasteiger charge is -1.98. The highest BCUT2D eigenvalue weighted by atomic mass is 35.5. The van der Waals surface area contributed by atoms with Gasteiger partial charge in [0.25, 0.3) is 0 Å². The number of alkyl halides is 1. The lowest BCUT2D eigenvalue weighted by atomic mass is 10.6. The topological polar surface area (TPSA) is 17.8 Å². The van der Waals surface area contributed by atoms with Crippen LogP contribution in [0.5, 0.6) is 0 Å². The number of rotatable bonds is 2. The van der Waals surface area contributed by atoms with Gasteiger partial charge < -0.3 is 4.57 Å². The Morgan fingerprint density at radius 3 is 2.80 bits per heavy atom. The minimum absolute atomic E-state index is 0. The Kier molecular flexibility index (Phi) is 4.49. The van der Waals surface area contributed by atoms with Gasteiger partial charge in [-0.25, -0.2) is 4.98 Å². The van der Waals surface area contributed by atoms with E-state index in [2.05, 4.69) is 4.98 Å². The van der Waals surface area contributed by atoms with E-state index in [1.165, 1.54) is 0 Å². The molecule has 10 heavy (non-hydrogen) atoms. The summed E-state index contributed by atoms with van der Waals surface area (Å²) in [5.41, 5.74) is 0. The summed E-state index contributed by atoms with van der Waals surface area (Å²) in [4.78, 5) is 4.04. The molecule has 1 aromatic heterocycles. The normalized spacial score (nSPS) is 9.00. The van der Waals surface area contributed by atoms with Gasteiger partial charge in [-0.3, -0.25) is 0 Å². The predicted molar refractivity (Wildman–Crippen MR) is 44.9 cm³/mol. The smallest absolute Gasteiger partial charge is 0.105 e. The first kappa shape index (κ1) is 9.79. The van der Waals surface area contributed by atoms with E-state index in [1.54, 1.807) is 6.20 Å². The number of hydrogen-bond donors (Lipinski definition) is 0. The molecule has 0 amide bonds. The second-order valence-electron chi connectivity index (χ2n) is 1.86. The van der Waals surface area contributed by atoms with Crippen molar-refractivity contribution in [2.45, 2.75) is 13.5 Å². The summed E-state index contributed by atoms with van der Waals surface area (Å²) in [7, 11) is 0. The first-order valence-corrected chi connectivity index (χ1v) is 3.41. The number of hydrogen-bond acceptors (Lipinski definition) is 1. The fourth-order valence-corrected chi connectivity index (χ4v) is 0.913. The van der Waals surface area contributed by atoms with Crippen molar-refractivity contribution < 1.29 is 0 Å². The maximum atomic E-state index is 5.52. The SMILES string of the molecule is Cc1nccn1CCCl.Cl. The van der Waals surface area contributed by atoms with Gasteiger partial charge in [0.15, 0.2) is 0 Å². The van der Waals surface area contributed by atoms with Crippen LogP contribution < -0.4 is 0 Å². The third-order valence-corrected chi connectivity index (χ3v) is 1.42. The molecule has 0 bridgehead atoms. The molecule has 0 saturated carbocycles. The lowest BCUT2D eigenvalue weighted by molar-refractivity contribution is 0.735. The van der Waals surface area contributed by atoms with Crippen LogP contribution in [-0.4, -0.2) is 15.4 Å². The van der Waals surface area contributed by atoms with Crippen molar-refractivity contribution in [3.8, 4) is 0 Å². The summed E-state index contributed by atoms with van der Waals surface area (Å²) < 4.78 is 2.02. The highest BCUT2D eigenvalue weighted by molar-refractivity contribution is 6.17. The molecule has 0 fully saturated rings.